The van der Waals surface area contributed by atoms with Crippen LogP contribution >= 0.6 is 0 Å². The van der Waals surface area contributed by atoms with E-state index in [2.05, 4.69) is 10.3 Å². The highest BCUT2D eigenvalue weighted by molar-refractivity contribution is 5.84. The summed E-state index contributed by atoms with van der Waals surface area (Å²) in [7, 11) is 0. The normalized spacial score (nSPS) is 27.5. The number of nitrogens with one attached hydrogen (secondary N) is 2. The summed E-state index contributed by atoms with van der Waals surface area (Å²) >= 11 is 0. The lowest BCUT2D eigenvalue weighted by molar-refractivity contribution is -0.271. The van der Waals surface area contributed by atoms with E-state index in [4.69, 9.17) is 14.6 Å². The van der Waals surface area contributed by atoms with Gasteiger partial charge in [-0.05, 0) is 30.2 Å². The summed E-state index contributed by atoms with van der Waals surface area (Å²) in [5.74, 6) is -1.32. The second-order valence-corrected chi connectivity index (χ2v) is 6.61. The Morgan fingerprint density at radius 2 is 1.96 bits per heavy atom. The molecule has 0 saturated carbocycles. The van der Waals surface area contributed by atoms with Gasteiger partial charge in [-0.3, -0.25) is 4.79 Å². The molecule has 5 atom stereocenters. The van der Waals surface area contributed by atoms with E-state index in [0.717, 1.165) is 16.5 Å². The van der Waals surface area contributed by atoms with Gasteiger partial charge in [-0.15, -0.1) is 0 Å². The number of benzene rings is 1. The molecule has 6 N–H and O–H groups in total. The minimum Gasteiger partial charge on any atom is -0.479 e. The molecule has 1 aromatic carbocycles. The minimum atomic E-state index is -1.78. The largest absolute Gasteiger partial charge is 0.479 e. The molecule has 0 unspecified atom stereocenters. The molecule has 10 nitrogen and oxygen atoms in total. The number of carbonyl (C=O) groups excluding carboxylic acids is 1. The van der Waals surface area contributed by atoms with E-state index in [0.29, 0.717) is 13.0 Å². The Hall–Kier alpha value is -2.66. The highest BCUT2D eigenvalue weighted by Gasteiger charge is 2.48. The Kier molecular flexibility index (Phi) is 5.84. The van der Waals surface area contributed by atoms with Crippen LogP contribution in [0.5, 0.6) is 5.75 Å². The molecule has 1 aliphatic rings. The zero-order valence-electron chi connectivity index (χ0n) is 15.0. The lowest BCUT2D eigenvalue weighted by Crippen LogP contribution is -2.61. The zero-order valence-corrected chi connectivity index (χ0v) is 15.0. The van der Waals surface area contributed by atoms with Crippen LogP contribution in [0.15, 0.2) is 24.4 Å². The number of carboxylic acid groups (broad SMARTS) is 1. The van der Waals surface area contributed by atoms with Crippen LogP contribution in [0.4, 0.5) is 0 Å². The monoisotopic (exact) mass is 394 g/mol. The van der Waals surface area contributed by atoms with E-state index >= 15 is 0 Å². The molecule has 2 aromatic rings. The van der Waals surface area contributed by atoms with Crippen molar-refractivity contribution in [3.63, 3.8) is 0 Å². The number of aliphatic hydroxyl groups excluding tert-OH is 3. The zero-order chi connectivity index (χ0) is 20.4. The van der Waals surface area contributed by atoms with E-state index < -0.39 is 36.7 Å². The highest BCUT2D eigenvalue weighted by Crippen LogP contribution is 2.28. The van der Waals surface area contributed by atoms with Crippen molar-refractivity contribution < 1.29 is 39.5 Å². The van der Waals surface area contributed by atoms with Crippen LogP contribution in [0.3, 0.4) is 0 Å². The van der Waals surface area contributed by atoms with Gasteiger partial charge >= 0.3 is 5.97 Å². The van der Waals surface area contributed by atoms with Crippen LogP contribution in [0.25, 0.3) is 10.9 Å². The number of aliphatic carboxylic acids is 1. The smallest absolute Gasteiger partial charge is 0.335 e. The lowest BCUT2D eigenvalue weighted by Gasteiger charge is -2.38. The molecule has 28 heavy (non-hydrogen) atoms. The predicted octanol–water partition coefficient (Wildman–Crippen LogP) is -0.882. The van der Waals surface area contributed by atoms with Gasteiger partial charge < -0.3 is 40.2 Å². The van der Waals surface area contributed by atoms with Crippen LogP contribution < -0.4 is 10.1 Å². The molecule has 1 saturated heterocycles. The average Bonchev–Trinajstić information content (AvgIpc) is 3.04. The SMILES string of the molecule is CC(=O)NCCc1c[nH]c2ccc(O[C@@H]3O[C@@H](C(=O)O)[C@@H](O)[C@H](O)[C@@H]3O)cc12. The topological polar surface area (TPSA) is 161 Å². The molecule has 1 aromatic heterocycles. The number of hydrogen-bond acceptors (Lipinski definition) is 7. The van der Waals surface area contributed by atoms with Crippen LogP contribution in [-0.4, -0.2) is 74.5 Å². The molecule has 0 aliphatic carbocycles. The quantitative estimate of drug-likeness (QED) is 0.368. The third kappa shape index (κ3) is 4.09. The van der Waals surface area contributed by atoms with Gasteiger partial charge in [0.05, 0.1) is 0 Å². The number of carbonyl (C=O) groups is 2. The summed E-state index contributed by atoms with van der Waals surface area (Å²) < 4.78 is 10.7. The number of aromatic nitrogens is 1. The number of fused-ring (bicyclic) bond motifs is 1. The molecular formula is C18H22N2O8. The van der Waals surface area contributed by atoms with Crippen LogP contribution in [0, 0.1) is 0 Å². The lowest BCUT2D eigenvalue weighted by atomic mass is 9.99. The van der Waals surface area contributed by atoms with Crippen molar-refractivity contribution in [2.75, 3.05) is 6.54 Å². The first-order valence-corrected chi connectivity index (χ1v) is 8.71. The third-order valence-corrected chi connectivity index (χ3v) is 4.57. The molecule has 0 spiro atoms. The van der Waals surface area contributed by atoms with Crippen molar-refractivity contribution >= 4 is 22.8 Å². The Bertz CT molecular complexity index is 866. The number of ether oxygens (including phenoxy) is 2. The van der Waals surface area contributed by atoms with Crippen LogP contribution in [0.1, 0.15) is 12.5 Å². The van der Waals surface area contributed by atoms with Crippen molar-refractivity contribution in [1.82, 2.24) is 10.3 Å². The predicted molar refractivity (Wildman–Crippen MR) is 95.6 cm³/mol. The van der Waals surface area contributed by atoms with E-state index in [9.17, 15) is 24.9 Å². The molecule has 3 rings (SSSR count). The summed E-state index contributed by atoms with van der Waals surface area (Å²) in [6.45, 7) is 1.90. The Balaban J connectivity index is 1.77. The summed E-state index contributed by atoms with van der Waals surface area (Å²) in [6.07, 6.45) is -5.96. The van der Waals surface area contributed by atoms with Gasteiger partial charge in [-0.25, -0.2) is 4.79 Å². The fraction of sp³-hybridized carbons (Fsp3) is 0.444. The van der Waals surface area contributed by atoms with E-state index in [1.165, 1.54) is 6.92 Å². The molecule has 152 valence electrons. The van der Waals surface area contributed by atoms with Crippen LogP contribution in [-0.2, 0) is 20.7 Å². The molecular weight excluding hydrogens is 372 g/mol. The summed E-state index contributed by atoms with van der Waals surface area (Å²) in [5.41, 5.74) is 1.76. The maximum Gasteiger partial charge on any atom is 0.335 e. The Morgan fingerprint density at radius 1 is 1.21 bits per heavy atom. The van der Waals surface area contributed by atoms with Gasteiger partial charge in [-0.2, -0.15) is 0 Å². The van der Waals surface area contributed by atoms with Gasteiger partial charge in [0.1, 0.15) is 24.1 Å². The van der Waals surface area contributed by atoms with E-state index in [1.807, 2.05) is 6.20 Å². The van der Waals surface area contributed by atoms with Gasteiger partial charge in [0.15, 0.2) is 6.10 Å². The van der Waals surface area contributed by atoms with Crippen molar-refractivity contribution in [3.05, 3.63) is 30.0 Å². The summed E-state index contributed by atoms with van der Waals surface area (Å²) in [4.78, 5) is 25.3. The fourth-order valence-corrected chi connectivity index (χ4v) is 3.09. The van der Waals surface area contributed by atoms with Gasteiger partial charge in [-0.1, -0.05) is 0 Å². The van der Waals surface area contributed by atoms with Crippen molar-refractivity contribution in [3.8, 4) is 5.75 Å². The molecule has 0 bridgehead atoms. The van der Waals surface area contributed by atoms with Crippen molar-refractivity contribution in [1.29, 1.82) is 0 Å². The average molecular weight is 394 g/mol. The molecule has 2 heterocycles. The van der Waals surface area contributed by atoms with Crippen LogP contribution in [0.2, 0.25) is 0 Å². The fourth-order valence-electron chi connectivity index (χ4n) is 3.09. The minimum absolute atomic E-state index is 0.124. The molecule has 10 heteroatoms. The number of carboxylic acids is 1. The second-order valence-electron chi connectivity index (χ2n) is 6.61. The van der Waals surface area contributed by atoms with Gasteiger partial charge in [0, 0.05) is 30.6 Å². The van der Waals surface area contributed by atoms with Crippen molar-refractivity contribution in [2.45, 2.75) is 44.1 Å². The Labute approximate surface area is 159 Å². The Morgan fingerprint density at radius 3 is 2.64 bits per heavy atom. The number of H-pyrrole nitrogens is 1. The number of aliphatic hydroxyl groups is 3. The first kappa shape index (κ1) is 20.1. The second kappa shape index (κ2) is 8.15. The van der Waals surface area contributed by atoms with Gasteiger partial charge in [0.2, 0.25) is 12.2 Å². The number of rotatable bonds is 6. The third-order valence-electron chi connectivity index (χ3n) is 4.57. The summed E-state index contributed by atoms with van der Waals surface area (Å²) in [5, 5.41) is 42.3. The summed E-state index contributed by atoms with van der Waals surface area (Å²) in [6, 6.07) is 5.01. The van der Waals surface area contributed by atoms with E-state index in [-0.39, 0.29) is 11.7 Å². The molecule has 0 radical (unpaired) electrons. The van der Waals surface area contributed by atoms with E-state index in [1.54, 1.807) is 18.2 Å². The number of hydrogen-bond donors (Lipinski definition) is 6. The standard InChI is InChI=1S/C18H22N2O8/c1-8(21)19-5-4-9-7-20-12-3-2-10(6-11(9)12)27-18-15(24)13(22)14(23)16(28-18)17(25)26/h2-3,6-7,13-16,18,20,22-24H,4-5H2,1H3,(H,19,21)(H,25,26)/t13-,14-,15-,16+,18+/m0/s1. The van der Waals surface area contributed by atoms with Crippen molar-refractivity contribution in [2.24, 2.45) is 0 Å². The van der Waals surface area contributed by atoms with Gasteiger partial charge in [0.25, 0.3) is 0 Å². The number of amides is 1. The first-order valence-electron chi connectivity index (χ1n) is 8.71. The maximum absolute atomic E-state index is 11.2. The number of aromatic amines is 1. The highest BCUT2D eigenvalue weighted by atomic mass is 16.7. The molecule has 1 amide bonds. The molecule has 1 fully saturated rings. The molecule has 1 aliphatic heterocycles. The first-order chi connectivity index (χ1) is 13.3. The maximum atomic E-state index is 11.2.